The van der Waals surface area contributed by atoms with Crippen LogP contribution in [0, 0.1) is 11.3 Å². The number of carbonyl (C=O) groups excluding carboxylic acids is 2. The summed E-state index contributed by atoms with van der Waals surface area (Å²) in [5.41, 5.74) is 12.2. The molecule has 3 rings (SSSR count). The first kappa shape index (κ1) is 31.0. The molecule has 0 aromatic heterocycles. The van der Waals surface area contributed by atoms with E-state index >= 15 is 0 Å². The van der Waals surface area contributed by atoms with E-state index in [-0.39, 0.29) is 41.0 Å². The minimum atomic E-state index is -4.10. The van der Waals surface area contributed by atoms with Crippen molar-refractivity contribution in [2.75, 3.05) is 38.0 Å². The number of halogens is 1. The highest BCUT2D eigenvalue weighted by Crippen LogP contribution is 2.38. The summed E-state index contributed by atoms with van der Waals surface area (Å²) in [6.45, 7) is 8.25. The number of piperidine rings is 1. The van der Waals surface area contributed by atoms with Crippen molar-refractivity contribution in [2.45, 2.75) is 70.2 Å². The lowest BCUT2D eigenvalue weighted by molar-refractivity contribution is -0.134. The van der Waals surface area contributed by atoms with E-state index in [9.17, 15) is 18.0 Å². The number of rotatable bonds is 11. The predicted octanol–water partition coefficient (Wildman–Crippen LogP) is 1.80. The Bertz CT molecular complexity index is 1180. The molecule has 39 heavy (non-hydrogen) atoms. The number of carbonyl (C=O) groups is 2. The first-order valence-corrected chi connectivity index (χ1v) is 15.3. The Morgan fingerprint density at radius 2 is 1.95 bits per heavy atom. The number of amides is 2. The monoisotopic (exact) mass is 583 g/mol. The average Bonchev–Trinajstić information content (AvgIpc) is 2.84. The highest BCUT2D eigenvalue weighted by molar-refractivity contribution is 7.89. The second kappa shape index (κ2) is 13.2. The van der Waals surface area contributed by atoms with Crippen LogP contribution in [-0.4, -0.2) is 69.9 Å². The van der Waals surface area contributed by atoms with Crippen LogP contribution in [0.4, 0.5) is 5.69 Å². The standard InChI is InChI=1S/C26H42ClN7O4S/c1-17(35)30-10-6-18-7-11-34(12-8-18)24(36)21(5-4-9-31-25(28)29)33-39(37,38)22-14-20(27)13-19-15-26(2,3)16-32-23(19)22/h13-14,18,21,32-33H,4-12,15-16H2,1-3H3,(H,30,35)(H4,28,29,31)/t21-/m0/s1. The molecule has 1 aromatic rings. The van der Waals surface area contributed by atoms with Crippen LogP contribution in [0.25, 0.3) is 0 Å². The summed E-state index contributed by atoms with van der Waals surface area (Å²) in [5, 5.41) is 6.41. The fraction of sp³-hybridized carbons (Fsp3) is 0.654. The van der Waals surface area contributed by atoms with Crippen molar-refractivity contribution in [1.82, 2.24) is 14.9 Å². The van der Waals surface area contributed by atoms with Crippen LogP contribution in [0.2, 0.25) is 5.02 Å². The zero-order valence-electron chi connectivity index (χ0n) is 23.1. The Hall–Kier alpha value is -2.57. The van der Waals surface area contributed by atoms with Gasteiger partial charge >= 0.3 is 0 Å². The van der Waals surface area contributed by atoms with Gasteiger partial charge in [-0.3, -0.25) is 14.6 Å². The molecule has 0 aliphatic carbocycles. The van der Waals surface area contributed by atoms with Crippen molar-refractivity contribution >= 4 is 45.1 Å². The molecule has 1 atom stereocenters. The van der Waals surface area contributed by atoms with Crippen LogP contribution in [0.5, 0.6) is 0 Å². The number of hydrogen-bond acceptors (Lipinski definition) is 6. The summed E-state index contributed by atoms with van der Waals surface area (Å²) in [5.74, 6) is 0.0116. The molecule has 1 fully saturated rings. The molecule has 1 saturated heterocycles. The number of nitrogens with two attached hydrogens (primary N) is 2. The molecule has 218 valence electrons. The number of aliphatic imine (C=N–C) groups is 1. The molecule has 0 radical (unpaired) electrons. The molecule has 0 spiro atoms. The van der Waals surface area contributed by atoms with Gasteiger partial charge in [0.2, 0.25) is 21.8 Å². The molecular formula is C26H42ClN7O4S. The summed E-state index contributed by atoms with van der Waals surface area (Å²) >= 11 is 6.34. The van der Waals surface area contributed by atoms with E-state index in [1.54, 1.807) is 11.0 Å². The summed E-state index contributed by atoms with van der Waals surface area (Å²) in [4.78, 5) is 30.5. The molecule has 2 amide bonds. The Morgan fingerprint density at radius 3 is 2.59 bits per heavy atom. The van der Waals surface area contributed by atoms with E-state index < -0.39 is 16.1 Å². The Labute approximate surface area is 236 Å². The number of nitrogens with zero attached hydrogens (tertiary/aromatic N) is 2. The first-order chi connectivity index (χ1) is 18.3. The number of benzene rings is 1. The molecule has 2 aliphatic rings. The second-order valence-corrected chi connectivity index (χ2v) is 13.4. The average molecular weight is 584 g/mol. The largest absolute Gasteiger partial charge is 0.383 e. The van der Waals surface area contributed by atoms with Gasteiger partial charge in [-0.05, 0) is 67.6 Å². The van der Waals surface area contributed by atoms with Crippen LogP contribution in [0.3, 0.4) is 0 Å². The number of anilines is 1. The maximum Gasteiger partial charge on any atom is 0.243 e. The lowest BCUT2D eigenvalue weighted by Gasteiger charge is -2.35. The predicted molar refractivity (Wildman–Crippen MR) is 154 cm³/mol. The van der Waals surface area contributed by atoms with Crippen LogP contribution in [0.1, 0.15) is 58.4 Å². The summed E-state index contributed by atoms with van der Waals surface area (Å²) in [6.07, 6.45) is 3.77. The van der Waals surface area contributed by atoms with E-state index in [0.29, 0.717) is 55.6 Å². The van der Waals surface area contributed by atoms with Gasteiger partial charge in [0.25, 0.3) is 0 Å². The maximum atomic E-state index is 13.7. The molecule has 13 heteroatoms. The van der Waals surface area contributed by atoms with Crippen LogP contribution in [0.15, 0.2) is 22.0 Å². The van der Waals surface area contributed by atoms with Crippen molar-refractivity contribution in [3.8, 4) is 0 Å². The zero-order valence-corrected chi connectivity index (χ0v) is 24.6. The minimum absolute atomic E-state index is 0.0409. The van der Waals surface area contributed by atoms with Crippen molar-refractivity contribution in [1.29, 1.82) is 0 Å². The fourth-order valence-electron chi connectivity index (χ4n) is 5.20. The highest BCUT2D eigenvalue weighted by Gasteiger charge is 2.35. The maximum absolute atomic E-state index is 13.7. The van der Waals surface area contributed by atoms with Crippen LogP contribution < -0.4 is 26.8 Å². The Balaban J connectivity index is 1.76. The summed E-state index contributed by atoms with van der Waals surface area (Å²) in [7, 11) is -4.10. The van der Waals surface area contributed by atoms with Gasteiger partial charge in [-0.2, -0.15) is 4.72 Å². The molecule has 7 N–H and O–H groups in total. The number of hydrogen-bond donors (Lipinski definition) is 5. The summed E-state index contributed by atoms with van der Waals surface area (Å²) < 4.78 is 30.1. The van der Waals surface area contributed by atoms with Gasteiger partial charge in [0, 0.05) is 44.7 Å². The third kappa shape index (κ3) is 8.97. The number of guanidine groups is 1. The van der Waals surface area contributed by atoms with Crippen molar-refractivity contribution in [3.05, 3.63) is 22.7 Å². The SMILES string of the molecule is CC(=O)NCCC1CCN(C(=O)[C@H](CCCN=C(N)N)NS(=O)(=O)c2cc(Cl)cc3c2NCC(C)(C)C3)CC1. The third-order valence-corrected chi connectivity index (χ3v) is 8.96. The van der Waals surface area contributed by atoms with Crippen LogP contribution in [-0.2, 0) is 26.0 Å². The topological polar surface area (TPSA) is 172 Å². The Kier molecular flexibility index (Phi) is 10.5. The molecule has 2 heterocycles. The van der Waals surface area contributed by atoms with Gasteiger partial charge < -0.3 is 27.0 Å². The normalized spacial score (nSPS) is 18.0. The van der Waals surface area contributed by atoms with E-state index in [0.717, 1.165) is 24.8 Å². The smallest absolute Gasteiger partial charge is 0.243 e. The number of nitrogens with one attached hydrogen (secondary N) is 3. The molecule has 1 aromatic carbocycles. The molecule has 0 saturated carbocycles. The van der Waals surface area contributed by atoms with E-state index in [1.807, 2.05) is 0 Å². The number of likely N-dealkylation sites (tertiary alicyclic amines) is 1. The van der Waals surface area contributed by atoms with Crippen molar-refractivity contribution in [2.24, 2.45) is 27.8 Å². The fourth-order valence-corrected chi connectivity index (χ4v) is 6.98. The molecule has 0 unspecified atom stereocenters. The molecular weight excluding hydrogens is 542 g/mol. The van der Waals surface area contributed by atoms with Crippen molar-refractivity contribution < 1.29 is 18.0 Å². The molecule has 11 nitrogen and oxygen atoms in total. The Morgan fingerprint density at radius 1 is 1.26 bits per heavy atom. The second-order valence-electron chi connectivity index (χ2n) is 11.3. The van der Waals surface area contributed by atoms with E-state index in [2.05, 4.69) is 34.2 Å². The zero-order chi connectivity index (χ0) is 28.8. The van der Waals surface area contributed by atoms with E-state index in [1.165, 1.54) is 13.0 Å². The van der Waals surface area contributed by atoms with Gasteiger partial charge in [0.1, 0.15) is 10.9 Å². The highest BCUT2D eigenvalue weighted by atomic mass is 35.5. The van der Waals surface area contributed by atoms with Gasteiger partial charge in [-0.25, -0.2) is 8.42 Å². The summed E-state index contributed by atoms with van der Waals surface area (Å²) in [6, 6.07) is 2.24. The molecule has 0 bridgehead atoms. The number of sulfonamides is 1. The lowest BCUT2D eigenvalue weighted by atomic mass is 9.82. The van der Waals surface area contributed by atoms with Crippen LogP contribution >= 0.6 is 11.6 Å². The van der Waals surface area contributed by atoms with Gasteiger partial charge in [0.05, 0.1) is 5.69 Å². The van der Waals surface area contributed by atoms with Gasteiger partial charge in [-0.15, -0.1) is 0 Å². The van der Waals surface area contributed by atoms with Gasteiger partial charge in [0.15, 0.2) is 5.96 Å². The van der Waals surface area contributed by atoms with E-state index in [4.69, 9.17) is 23.1 Å². The third-order valence-electron chi connectivity index (χ3n) is 7.24. The van der Waals surface area contributed by atoms with Crippen molar-refractivity contribution in [3.63, 3.8) is 0 Å². The first-order valence-electron chi connectivity index (χ1n) is 13.4. The number of fused-ring (bicyclic) bond motifs is 1. The molecule has 2 aliphatic heterocycles. The minimum Gasteiger partial charge on any atom is -0.383 e. The lowest BCUT2D eigenvalue weighted by Crippen LogP contribution is -2.51. The van der Waals surface area contributed by atoms with Gasteiger partial charge in [-0.1, -0.05) is 25.4 Å². The quantitative estimate of drug-likeness (QED) is 0.150.